The van der Waals surface area contributed by atoms with Crippen molar-refractivity contribution < 1.29 is 9.18 Å². The van der Waals surface area contributed by atoms with Gasteiger partial charge in [-0.05, 0) is 18.6 Å². The average molecular weight is 322 g/mol. The molecule has 0 unspecified atom stereocenters. The predicted molar refractivity (Wildman–Crippen MR) is 85.4 cm³/mol. The Kier molecular flexibility index (Phi) is 5.94. The third kappa shape index (κ3) is 4.07. The van der Waals surface area contributed by atoms with Gasteiger partial charge in [-0.3, -0.25) is 4.79 Å². The van der Waals surface area contributed by atoms with Gasteiger partial charge in [-0.2, -0.15) is 0 Å². The van der Waals surface area contributed by atoms with Gasteiger partial charge in [-0.1, -0.05) is 37.7 Å². The van der Waals surface area contributed by atoms with Crippen LogP contribution < -0.4 is 5.32 Å². The molecular weight excluding hydrogens is 303 g/mol. The van der Waals surface area contributed by atoms with E-state index in [2.05, 4.69) is 22.4 Å². The average Bonchev–Trinajstić information content (AvgIpc) is 2.90. The standard InChI is InChI=1S/C15H19FN4OS/c1-3-9-20-13(4-2)18-19-15(20)22-10-14(21)17-12-8-6-5-7-11(12)16/h5-8H,3-4,9-10H2,1-2H3,(H,17,21). The number of amides is 1. The van der Waals surface area contributed by atoms with Crippen molar-refractivity contribution in [1.29, 1.82) is 0 Å². The van der Waals surface area contributed by atoms with E-state index in [1.165, 1.54) is 23.9 Å². The van der Waals surface area contributed by atoms with Crippen LogP contribution >= 0.6 is 11.8 Å². The van der Waals surface area contributed by atoms with Gasteiger partial charge in [0.05, 0.1) is 11.4 Å². The van der Waals surface area contributed by atoms with Crippen molar-refractivity contribution in [3.63, 3.8) is 0 Å². The zero-order valence-corrected chi connectivity index (χ0v) is 13.5. The highest BCUT2D eigenvalue weighted by atomic mass is 32.2. The summed E-state index contributed by atoms with van der Waals surface area (Å²) in [5.74, 6) is 0.376. The van der Waals surface area contributed by atoms with E-state index < -0.39 is 5.82 Å². The van der Waals surface area contributed by atoms with Gasteiger partial charge in [-0.15, -0.1) is 10.2 Å². The monoisotopic (exact) mass is 322 g/mol. The number of nitrogens with zero attached hydrogens (tertiary/aromatic N) is 3. The van der Waals surface area contributed by atoms with Crippen LogP contribution in [0.3, 0.4) is 0 Å². The molecule has 7 heteroatoms. The van der Waals surface area contributed by atoms with E-state index >= 15 is 0 Å². The summed E-state index contributed by atoms with van der Waals surface area (Å²) in [6.07, 6.45) is 1.77. The smallest absolute Gasteiger partial charge is 0.234 e. The molecule has 1 amide bonds. The first kappa shape index (κ1) is 16.5. The van der Waals surface area contributed by atoms with Gasteiger partial charge < -0.3 is 9.88 Å². The number of para-hydroxylation sites is 1. The molecule has 0 spiro atoms. The molecular formula is C15H19FN4OS. The lowest BCUT2D eigenvalue weighted by Crippen LogP contribution is -2.15. The molecule has 1 N–H and O–H groups in total. The van der Waals surface area contributed by atoms with E-state index in [9.17, 15) is 9.18 Å². The van der Waals surface area contributed by atoms with E-state index in [1.807, 2.05) is 11.5 Å². The van der Waals surface area contributed by atoms with Gasteiger partial charge in [0.15, 0.2) is 5.16 Å². The molecule has 0 aliphatic heterocycles. The zero-order valence-electron chi connectivity index (χ0n) is 12.7. The van der Waals surface area contributed by atoms with E-state index in [0.717, 1.165) is 30.4 Å². The molecule has 118 valence electrons. The highest BCUT2D eigenvalue weighted by Gasteiger charge is 2.13. The van der Waals surface area contributed by atoms with Crippen molar-refractivity contribution >= 4 is 23.4 Å². The fourth-order valence-electron chi connectivity index (χ4n) is 2.01. The molecule has 1 aromatic carbocycles. The Morgan fingerprint density at radius 3 is 2.77 bits per heavy atom. The maximum absolute atomic E-state index is 13.5. The van der Waals surface area contributed by atoms with Crippen molar-refractivity contribution in [3.8, 4) is 0 Å². The van der Waals surface area contributed by atoms with Gasteiger partial charge in [0.2, 0.25) is 5.91 Å². The maximum atomic E-state index is 13.5. The van der Waals surface area contributed by atoms with Crippen molar-refractivity contribution in [1.82, 2.24) is 14.8 Å². The lowest BCUT2D eigenvalue weighted by molar-refractivity contribution is -0.113. The number of carbonyl (C=O) groups is 1. The number of hydrogen-bond donors (Lipinski definition) is 1. The number of anilines is 1. The Morgan fingerprint density at radius 1 is 1.32 bits per heavy atom. The van der Waals surface area contributed by atoms with Crippen molar-refractivity contribution in [2.75, 3.05) is 11.1 Å². The maximum Gasteiger partial charge on any atom is 0.234 e. The summed E-state index contributed by atoms with van der Waals surface area (Å²) in [6, 6.07) is 6.11. The summed E-state index contributed by atoms with van der Waals surface area (Å²) in [4.78, 5) is 11.9. The highest BCUT2D eigenvalue weighted by Crippen LogP contribution is 2.19. The second-order valence-corrected chi connectivity index (χ2v) is 5.66. The number of rotatable bonds is 7. The van der Waals surface area contributed by atoms with Crippen LogP contribution in [0.5, 0.6) is 0 Å². The molecule has 22 heavy (non-hydrogen) atoms. The minimum atomic E-state index is -0.441. The molecule has 0 saturated carbocycles. The van der Waals surface area contributed by atoms with Crippen LogP contribution in [0, 0.1) is 5.82 Å². The minimum Gasteiger partial charge on any atom is -0.323 e. The van der Waals surface area contributed by atoms with Gasteiger partial charge in [0, 0.05) is 13.0 Å². The molecule has 0 aliphatic carbocycles. The summed E-state index contributed by atoms with van der Waals surface area (Å²) >= 11 is 1.31. The topological polar surface area (TPSA) is 59.8 Å². The Hall–Kier alpha value is -1.89. The number of aryl methyl sites for hydroxylation is 1. The molecule has 0 atom stereocenters. The second-order valence-electron chi connectivity index (χ2n) is 4.72. The van der Waals surface area contributed by atoms with E-state index in [4.69, 9.17) is 0 Å². The fourth-order valence-corrected chi connectivity index (χ4v) is 2.80. The summed E-state index contributed by atoms with van der Waals surface area (Å²) in [5, 5.41) is 11.5. The largest absolute Gasteiger partial charge is 0.323 e. The molecule has 0 bridgehead atoms. The van der Waals surface area contributed by atoms with Crippen LogP contribution in [0.25, 0.3) is 0 Å². The second kappa shape index (κ2) is 7.93. The Bertz CT molecular complexity index is 644. The lowest BCUT2D eigenvalue weighted by Gasteiger charge is -2.08. The third-order valence-electron chi connectivity index (χ3n) is 3.04. The molecule has 1 aromatic heterocycles. The van der Waals surface area contributed by atoms with Crippen LogP contribution in [0.1, 0.15) is 26.1 Å². The first-order chi connectivity index (χ1) is 10.7. The number of benzene rings is 1. The van der Waals surface area contributed by atoms with Gasteiger partial charge in [0.1, 0.15) is 11.6 Å². The molecule has 0 radical (unpaired) electrons. The summed E-state index contributed by atoms with van der Waals surface area (Å²) in [5.41, 5.74) is 0.192. The first-order valence-corrected chi connectivity index (χ1v) is 8.23. The summed E-state index contributed by atoms with van der Waals surface area (Å²) < 4.78 is 15.5. The van der Waals surface area contributed by atoms with Crippen LogP contribution in [-0.2, 0) is 17.8 Å². The van der Waals surface area contributed by atoms with Gasteiger partial charge in [0.25, 0.3) is 0 Å². The third-order valence-corrected chi connectivity index (χ3v) is 4.00. The van der Waals surface area contributed by atoms with Crippen LogP contribution in [0.15, 0.2) is 29.4 Å². The molecule has 0 aliphatic rings. The number of nitrogens with one attached hydrogen (secondary N) is 1. The molecule has 0 fully saturated rings. The van der Waals surface area contributed by atoms with E-state index in [1.54, 1.807) is 12.1 Å². The lowest BCUT2D eigenvalue weighted by atomic mass is 10.3. The van der Waals surface area contributed by atoms with Crippen LogP contribution in [0.4, 0.5) is 10.1 Å². The SMILES string of the molecule is CCCn1c(CC)nnc1SCC(=O)Nc1ccccc1F. The zero-order chi connectivity index (χ0) is 15.9. The minimum absolute atomic E-state index is 0.167. The van der Waals surface area contributed by atoms with Crippen molar-refractivity contribution in [2.45, 2.75) is 38.4 Å². The Morgan fingerprint density at radius 2 is 2.09 bits per heavy atom. The number of aromatic nitrogens is 3. The quantitative estimate of drug-likeness (QED) is 0.796. The number of thioether (sulfide) groups is 1. The van der Waals surface area contributed by atoms with Crippen molar-refractivity contribution in [3.05, 3.63) is 35.9 Å². The molecule has 5 nitrogen and oxygen atoms in total. The highest BCUT2D eigenvalue weighted by molar-refractivity contribution is 7.99. The van der Waals surface area contributed by atoms with Crippen molar-refractivity contribution in [2.24, 2.45) is 0 Å². The fraction of sp³-hybridized carbons (Fsp3) is 0.400. The normalized spacial score (nSPS) is 10.7. The molecule has 2 aromatic rings. The number of halogens is 1. The van der Waals surface area contributed by atoms with Gasteiger partial charge in [-0.25, -0.2) is 4.39 Å². The summed E-state index contributed by atoms with van der Waals surface area (Å²) in [7, 11) is 0. The molecule has 1 heterocycles. The van der Waals surface area contributed by atoms with Gasteiger partial charge >= 0.3 is 0 Å². The summed E-state index contributed by atoms with van der Waals surface area (Å²) in [6.45, 7) is 4.93. The predicted octanol–water partition coefficient (Wildman–Crippen LogP) is 3.12. The molecule has 0 saturated heterocycles. The Labute approximate surface area is 133 Å². The number of hydrogen-bond acceptors (Lipinski definition) is 4. The van der Waals surface area contributed by atoms with E-state index in [-0.39, 0.29) is 17.3 Å². The first-order valence-electron chi connectivity index (χ1n) is 7.25. The van der Waals surface area contributed by atoms with Crippen LogP contribution in [0.2, 0.25) is 0 Å². The van der Waals surface area contributed by atoms with Crippen LogP contribution in [-0.4, -0.2) is 26.4 Å². The Balaban J connectivity index is 1.97. The molecule has 2 rings (SSSR count). The number of carbonyl (C=O) groups excluding carboxylic acids is 1. The van der Waals surface area contributed by atoms with E-state index in [0.29, 0.717) is 0 Å².